The molecule has 1 aliphatic rings. The molecular formula is C35H38NO+. The van der Waals surface area contributed by atoms with Crippen molar-refractivity contribution < 1.29 is 9.30 Å². The Hall–Kier alpha value is -3.39. The third kappa shape index (κ3) is 3.72. The summed E-state index contributed by atoms with van der Waals surface area (Å²) in [6, 6.07) is 18.4. The van der Waals surface area contributed by atoms with Crippen LogP contribution in [0.1, 0.15) is 63.8 Å². The molecule has 188 valence electrons. The van der Waals surface area contributed by atoms with Crippen LogP contribution < -0.4 is 9.30 Å². The molecule has 0 atom stereocenters. The first-order valence-corrected chi connectivity index (χ1v) is 13.5. The Labute approximate surface area is 220 Å². The number of hydrogen-bond donors (Lipinski definition) is 0. The van der Waals surface area contributed by atoms with Gasteiger partial charge in [-0.05, 0) is 69.8 Å². The van der Waals surface area contributed by atoms with E-state index in [1.807, 2.05) is 0 Å². The SMILES string of the molecule is Cc1ccc2c(C(C)(C)C)c3c(c(C)c2c1)-c1c2c(cc4cc(CC(C)(C)C)ccc4c2cc[n+]1C)O3. The van der Waals surface area contributed by atoms with E-state index in [0.717, 1.165) is 17.9 Å². The van der Waals surface area contributed by atoms with E-state index in [4.69, 9.17) is 4.74 Å². The van der Waals surface area contributed by atoms with Crippen LogP contribution in [0.2, 0.25) is 0 Å². The summed E-state index contributed by atoms with van der Waals surface area (Å²) in [4.78, 5) is 0. The molecule has 0 fully saturated rings. The van der Waals surface area contributed by atoms with Gasteiger partial charge in [0, 0.05) is 17.0 Å². The molecule has 1 aromatic heterocycles. The van der Waals surface area contributed by atoms with E-state index in [9.17, 15) is 0 Å². The number of aromatic nitrogens is 1. The summed E-state index contributed by atoms with van der Waals surface area (Å²) in [7, 11) is 2.17. The number of ether oxygens (including phenoxy) is 1. The van der Waals surface area contributed by atoms with Crippen LogP contribution in [-0.4, -0.2) is 0 Å². The maximum atomic E-state index is 7.02. The van der Waals surface area contributed by atoms with Crippen molar-refractivity contribution >= 4 is 32.3 Å². The Morgan fingerprint density at radius 1 is 0.784 bits per heavy atom. The molecule has 37 heavy (non-hydrogen) atoms. The van der Waals surface area contributed by atoms with Gasteiger partial charge in [-0.25, -0.2) is 4.57 Å². The third-order valence-electron chi connectivity index (χ3n) is 7.87. The fraction of sp³-hybridized carbons (Fsp3) is 0.343. The second kappa shape index (κ2) is 7.81. The summed E-state index contributed by atoms with van der Waals surface area (Å²) in [6.45, 7) is 18.3. The van der Waals surface area contributed by atoms with Gasteiger partial charge in [0.05, 0.1) is 10.9 Å². The van der Waals surface area contributed by atoms with E-state index in [2.05, 4.69) is 122 Å². The lowest BCUT2D eigenvalue weighted by molar-refractivity contribution is -0.659. The fourth-order valence-corrected chi connectivity index (χ4v) is 6.40. The Bertz CT molecular complexity index is 1760. The molecule has 0 radical (unpaired) electrons. The Morgan fingerprint density at radius 3 is 2.22 bits per heavy atom. The molecule has 0 saturated carbocycles. The topological polar surface area (TPSA) is 13.1 Å². The summed E-state index contributed by atoms with van der Waals surface area (Å²) in [5.41, 5.74) is 7.88. The van der Waals surface area contributed by atoms with Crippen molar-refractivity contribution in [3.8, 4) is 22.8 Å². The summed E-state index contributed by atoms with van der Waals surface area (Å²) >= 11 is 0. The molecule has 6 rings (SSSR count). The second-order valence-electron chi connectivity index (χ2n) is 13.3. The van der Waals surface area contributed by atoms with Gasteiger partial charge in [0.1, 0.15) is 18.5 Å². The summed E-state index contributed by atoms with van der Waals surface area (Å²) in [5.74, 6) is 1.98. The Kier molecular flexibility index (Phi) is 5.06. The predicted molar refractivity (Wildman–Crippen MR) is 157 cm³/mol. The smallest absolute Gasteiger partial charge is 0.228 e. The summed E-state index contributed by atoms with van der Waals surface area (Å²) in [5, 5.41) is 7.62. The molecule has 0 aliphatic carbocycles. The molecule has 0 amide bonds. The number of aryl methyl sites for hydroxylation is 3. The lowest BCUT2D eigenvalue weighted by Gasteiger charge is -2.31. The van der Waals surface area contributed by atoms with E-state index in [0.29, 0.717) is 0 Å². The van der Waals surface area contributed by atoms with E-state index < -0.39 is 0 Å². The molecule has 0 spiro atoms. The van der Waals surface area contributed by atoms with Crippen molar-refractivity contribution in [2.75, 3.05) is 0 Å². The van der Waals surface area contributed by atoms with Crippen LogP contribution in [0.15, 0.2) is 54.7 Å². The lowest BCUT2D eigenvalue weighted by Crippen LogP contribution is -2.32. The van der Waals surface area contributed by atoms with Crippen LogP contribution in [0.5, 0.6) is 11.5 Å². The Balaban J connectivity index is 1.75. The number of nitrogens with zero attached hydrogens (tertiary/aromatic N) is 1. The van der Waals surface area contributed by atoms with E-state index in [-0.39, 0.29) is 10.8 Å². The zero-order chi connectivity index (χ0) is 26.4. The van der Waals surface area contributed by atoms with E-state index in [1.54, 1.807) is 0 Å². The first-order valence-electron chi connectivity index (χ1n) is 13.5. The predicted octanol–water partition coefficient (Wildman–Crippen LogP) is 9.25. The highest BCUT2D eigenvalue weighted by Crippen LogP contribution is 2.54. The van der Waals surface area contributed by atoms with Crippen LogP contribution in [0.4, 0.5) is 0 Å². The highest BCUT2D eigenvalue weighted by Gasteiger charge is 2.36. The number of benzene rings is 4. The van der Waals surface area contributed by atoms with Crippen LogP contribution in [0.25, 0.3) is 43.6 Å². The molecule has 0 saturated heterocycles. The fourth-order valence-electron chi connectivity index (χ4n) is 6.40. The van der Waals surface area contributed by atoms with Crippen molar-refractivity contribution in [2.45, 2.75) is 67.2 Å². The number of hydrogen-bond acceptors (Lipinski definition) is 1. The molecule has 0 N–H and O–H groups in total. The number of pyridine rings is 1. The largest absolute Gasteiger partial charge is 0.455 e. The van der Waals surface area contributed by atoms with Gasteiger partial charge in [0.15, 0.2) is 6.20 Å². The zero-order valence-electron chi connectivity index (χ0n) is 23.8. The second-order valence-corrected chi connectivity index (χ2v) is 13.3. The Morgan fingerprint density at radius 2 is 1.51 bits per heavy atom. The maximum absolute atomic E-state index is 7.02. The number of rotatable bonds is 1. The van der Waals surface area contributed by atoms with Crippen molar-refractivity contribution in [1.29, 1.82) is 0 Å². The highest BCUT2D eigenvalue weighted by molar-refractivity contribution is 6.16. The van der Waals surface area contributed by atoms with Crippen LogP contribution in [0, 0.1) is 19.3 Å². The third-order valence-corrected chi connectivity index (χ3v) is 7.87. The summed E-state index contributed by atoms with van der Waals surface area (Å²) in [6.07, 6.45) is 3.27. The van der Waals surface area contributed by atoms with Gasteiger partial charge in [0.25, 0.3) is 0 Å². The average Bonchev–Trinajstić information content (AvgIpc) is 2.79. The van der Waals surface area contributed by atoms with Crippen molar-refractivity contribution in [2.24, 2.45) is 12.5 Å². The van der Waals surface area contributed by atoms with Crippen LogP contribution >= 0.6 is 0 Å². The van der Waals surface area contributed by atoms with Crippen molar-refractivity contribution in [3.63, 3.8) is 0 Å². The van der Waals surface area contributed by atoms with Crippen LogP contribution in [0.3, 0.4) is 0 Å². The number of fused-ring (bicyclic) bond motifs is 5. The molecule has 5 aromatic rings. The molecule has 2 heteroatoms. The van der Waals surface area contributed by atoms with E-state index in [1.165, 1.54) is 65.8 Å². The van der Waals surface area contributed by atoms with Gasteiger partial charge >= 0.3 is 0 Å². The minimum Gasteiger partial charge on any atom is -0.455 e. The molecule has 2 heterocycles. The van der Waals surface area contributed by atoms with Gasteiger partial charge in [-0.2, -0.15) is 0 Å². The average molecular weight is 489 g/mol. The minimum atomic E-state index is -0.0774. The van der Waals surface area contributed by atoms with Crippen LogP contribution in [-0.2, 0) is 18.9 Å². The molecule has 0 bridgehead atoms. The van der Waals surface area contributed by atoms with Crippen molar-refractivity contribution in [3.05, 3.63) is 77.0 Å². The van der Waals surface area contributed by atoms with Gasteiger partial charge in [0.2, 0.25) is 5.69 Å². The molecule has 2 nitrogen and oxygen atoms in total. The maximum Gasteiger partial charge on any atom is 0.228 e. The molecule has 4 aromatic carbocycles. The molecular weight excluding hydrogens is 450 g/mol. The zero-order valence-corrected chi connectivity index (χ0v) is 23.8. The molecule has 1 aliphatic heterocycles. The first kappa shape index (κ1) is 24.0. The lowest BCUT2D eigenvalue weighted by atomic mass is 9.78. The molecule has 0 unspecified atom stereocenters. The van der Waals surface area contributed by atoms with E-state index >= 15 is 0 Å². The van der Waals surface area contributed by atoms with Gasteiger partial charge < -0.3 is 4.74 Å². The quantitative estimate of drug-likeness (QED) is 0.166. The van der Waals surface area contributed by atoms with Gasteiger partial charge in [-0.3, -0.25) is 0 Å². The summed E-state index contributed by atoms with van der Waals surface area (Å²) < 4.78 is 9.30. The standard InChI is InChI=1S/C35H38NO/c1-20-10-12-26-27(16-20)21(2)29-32-30-25(14-15-36(32)9)24-13-11-22(19-34(3,4)5)17-23(24)18-28(30)37-33(29)31(26)35(6,7)8/h10-18H,19H2,1-9H3/q+1. The minimum absolute atomic E-state index is 0.0774. The normalized spacial score (nSPS) is 13.3. The monoisotopic (exact) mass is 488 g/mol. The van der Waals surface area contributed by atoms with Gasteiger partial charge in [-0.15, -0.1) is 0 Å². The van der Waals surface area contributed by atoms with Gasteiger partial charge in [-0.1, -0.05) is 83.5 Å². The van der Waals surface area contributed by atoms with Crippen molar-refractivity contribution in [1.82, 2.24) is 0 Å². The highest BCUT2D eigenvalue weighted by atomic mass is 16.5. The first-order chi connectivity index (χ1) is 17.3.